The SMILES string of the molecule is O=C(c1cn(-c2nc3ccccc3s2)c2nc(NCCN3CCCC3)c(F)cc2c1=O)N1CCOCC1. The number of pyridine rings is 2. The average molecular weight is 523 g/mol. The summed E-state index contributed by atoms with van der Waals surface area (Å²) in [5.74, 6) is -0.954. The Morgan fingerprint density at radius 3 is 2.68 bits per heavy atom. The Balaban J connectivity index is 1.45. The molecule has 11 heteroatoms. The van der Waals surface area contributed by atoms with E-state index in [0.717, 1.165) is 29.9 Å². The van der Waals surface area contributed by atoms with E-state index in [0.29, 0.717) is 38.0 Å². The van der Waals surface area contributed by atoms with Crippen LogP contribution in [0.3, 0.4) is 0 Å². The van der Waals surface area contributed by atoms with Gasteiger partial charge in [-0.05, 0) is 44.1 Å². The summed E-state index contributed by atoms with van der Waals surface area (Å²) in [5, 5.41) is 3.68. The summed E-state index contributed by atoms with van der Waals surface area (Å²) in [4.78, 5) is 40.0. The van der Waals surface area contributed by atoms with Crippen molar-refractivity contribution in [2.45, 2.75) is 12.8 Å². The van der Waals surface area contributed by atoms with Crippen molar-refractivity contribution in [3.05, 3.63) is 58.1 Å². The average Bonchev–Trinajstić information content (AvgIpc) is 3.60. The fourth-order valence-electron chi connectivity index (χ4n) is 4.88. The van der Waals surface area contributed by atoms with Crippen LogP contribution in [0.4, 0.5) is 10.2 Å². The van der Waals surface area contributed by atoms with E-state index < -0.39 is 17.2 Å². The van der Waals surface area contributed by atoms with Gasteiger partial charge in [0.15, 0.2) is 22.4 Å². The summed E-state index contributed by atoms with van der Waals surface area (Å²) in [6.07, 6.45) is 3.87. The number of morpholine rings is 1. The lowest BCUT2D eigenvalue weighted by Gasteiger charge is -2.27. The molecule has 0 bridgehead atoms. The largest absolute Gasteiger partial charge is 0.378 e. The lowest BCUT2D eigenvalue weighted by atomic mass is 10.1. The van der Waals surface area contributed by atoms with Crippen LogP contribution in [0.5, 0.6) is 0 Å². The molecule has 0 aliphatic carbocycles. The highest BCUT2D eigenvalue weighted by Gasteiger charge is 2.25. The van der Waals surface area contributed by atoms with Gasteiger partial charge in [0.05, 0.1) is 28.8 Å². The number of para-hydroxylation sites is 1. The van der Waals surface area contributed by atoms with Crippen LogP contribution in [-0.4, -0.2) is 82.7 Å². The summed E-state index contributed by atoms with van der Waals surface area (Å²) in [6, 6.07) is 8.87. The third kappa shape index (κ3) is 4.70. The van der Waals surface area contributed by atoms with Gasteiger partial charge in [0.25, 0.3) is 5.91 Å². The van der Waals surface area contributed by atoms with E-state index in [1.807, 2.05) is 24.3 Å². The van der Waals surface area contributed by atoms with Gasteiger partial charge in [0, 0.05) is 32.4 Å². The highest BCUT2D eigenvalue weighted by atomic mass is 32.1. The minimum absolute atomic E-state index is 0.0374. The third-order valence-corrected chi connectivity index (χ3v) is 7.90. The van der Waals surface area contributed by atoms with Crippen molar-refractivity contribution in [3.8, 4) is 5.13 Å². The van der Waals surface area contributed by atoms with Gasteiger partial charge in [-0.3, -0.25) is 14.2 Å². The summed E-state index contributed by atoms with van der Waals surface area (Å²) < 4.78 is 23.1. The number of fused-ring (bicyclic) bond motifs is 2. The Labute approximate surface area is 216 Å². The van der Waals surface area contributed by atoms with E-state index in [2.05, 4.69) is 15.2 Å². The maximum atomic E-state index is 15.2. The van der Waals surface area contributed by atoms with Crippen LogP contribution in [0, 0.1) is 5.82 Å². The lowest BCUT2D eigenvalue weighted by Crippen LogP contribution is -2.42. The number of halogens is 1. The summed E-state index contributed by atoms with van der Waals surface area (Å²) >= 11 is 1.42. The van der Waals surface area contributed by atoms with Gasteiger partial charge in [-0.1, -0.05) is 23.5 Å². The Morgan fingerprint density at radius 1 is 1.11 bits per heavy atom. The first kappa shape index (κ1) is 24.0. The zero-order valence-corrected chi connectivity index (χ0v) is 21.1. The second kappa shape index (κ2) is 10.2. The van der Waals surface area contributed by atoms with Gasteiger partial charge >= 0.3 is 0 Å². The number of ether oxygens (including phenoxy) is 1. The fraction of sp³-hybridized carbons (Fsp3) is 0.385. The molecule has 1 N–H and O–H groups in total. The van der Waals surface area contributed by atoms with E-state index >= 15 is 4.39 Å². The number of benzene rings is 1. The molecule has 2 aliphatic rings. The normalized spacial score (nSPS) is 16.6. The zero-order chi connectivity index (χ0) is 25.4. The van der Waals surface area contributed by atoms with Crippen molar-refractivity contribution >= 4 is 44.3 Å². The molecular formula is C26H27FN6O3S. The molecule has 0 unspecified atom stereocenters. The number of hydrogen-bond acceptors (Lipinski definition) is 8. The van der Waals surface area contributed by atoms with Crippen molar-refractivity contribution in [2.75, 3.05) is 57.8 Å². The molecule has 2 aliphatic heterocycles. The van der Waals surface area contributed by atoms with Crippen molar-refractivity contribution in [1.82, 2.24) is 24.3 Å². The number of amides is 1. The molecule has 4 aromatic rings. The van der Waals surface area contributed by atoms with Gasteiger partial charge in [0.2, 0.25) is 5.43 Å². The first-order chi connectivity index (χ1) is 18.1. The van der Waals surface area contributed by atoms with E-state index in [1.165, 1.54) is 36.4 Å². The first-order valence-corrected chi connectivity index (χ1v) is 13.4. The summed E-state index contributed by atoms with van der Waals surface area (Å²) in [5.41, 5.74) is 0.470. The van der Waals surface area contributed by atoms with Crippen LogP contribution >= 0.6 is 11.3 Å². The minimum atomic E-state index is -0.627. The van der Waals surface area contributed by atoms with Crippen LogP contribution in [-0.2, 0) is 4.74 Å². The second-order valence-corrected chi connectivity index (χ2v) is 10.3. The van der Waals surface area contributed by atoms with Crippen LogP contribution in [0.2, 0.25) is 0 Å². The Bertz CT molecular complexity index is 1490. The molecule has 3 aromatic heterocycles. The molecule has 192 valence electrons. The predicted molar refractivity (Wildman–Crippen MR) is 141 cm³/mol. The van der Waals surface area contributed by atoms with Crippen LogP contribution in [0.15, 0.2) is 41.3 Å². The highest BCUT2D eigenvalue weighted by Crippen LogP contribution is 2.28. The molecule has 1 aromatic carbocycles. The van der Waals surface area contributed by atoms with Crippen molar-refractivity contribution < 1.29 is 13.9 Å². The molecule has 0 spiro atoms. The molecule has 5 heterocycles. The standard InChI is InChI=1S/C26H27FN6O3S/c27-19-15-17-22(34)18(25(35)32-11-13-36-14-12-32)16-33(26-29-20-5-1-2-6-21(20)37-26)24(17)30-23(19)28-7-10-31-8-3-4-9-31/h1-2,5-6,15-16H,3-4,7-14H2,(H,28,30). The first-order valence-electron chi connectivity index (χ1n) is 12.5. The molecule has 1 amide bonds. The number of carbonyl (C=O) groups excluding carboxylic acids is 1. The molecule has 2 fully saturated rings. The number of anilines is 1. The zero-order valence-electron chi connectivity index (χ0n) is 20.3. The maximum Gasteiger partial charge on any atom is 0.259 e. The van der Waals surface area contributed by atoms with Crippen molar-refractivity contribution in [2.24, 2.45) is 0 Å². The van der Waals surface area contributed by atoms with Gasteiger partial charge < -0.3 is 19.9 Å². The van der Waals surface area contributed by atoms with Crippen LogP contribution < -0.4 is 10.7 Å². The monoisotopic (exact) mass is 522 g/mol. The van der Waals surface area contributed by atoms with Gasteiger partial charge in [-0.25, -0.2) is 14.4 Å². The smallest absolute Gasteiger partial charge is 0.259 e. The molecule has 9 nitrogen and oxygen atoms in total. The molecule has 0 atom stereocenters. The van der Waals surface area contributed by atoms with E-state index in [-0.39, 0.29) is 22.4 Å². The predicted octanol–water partition coefficient (Wildman–Crippen LogP) is 3.11. The van der Waals surface area contributed by atoms with E-state index in [9.17, 15) is 9.59 Å². The van der Waals surface area contributed by atoms with Crippen molar-refractivity contribution in [3.63, 3.8) is 0 Å². The number of likely N-dealkylation sites (tertiary alicyclic amines) is 1. The quantitative estimate of drug-likeness (QED) is 0.416. The topological polar surface area (TPSA) is 92.6 Å². The summed E-state index contributed by atoms with van der Waals surface area (Å²) in [6.45, 7) is 5.03. The number of aromatic nitrogens is 3. The van der Waals surface area contributed by atoms with Gasteiger partial charge in [0.1, 0.15) is 5.56 Å². The third-order valence-electron chi connectivity index (χ3n) is 6.87. The Kier molecular flexibility index (Phi) is 6.58. The molecule has 2 saturated heterocycles. The van der Waals surface area contributed by atoms with E-state index in [4.69, 9.17) is 9.72 Å². The number of nitrogens with one attached hydrogen (secondary N) is 1. The van der Waals surface area contributed by atoms with Crippen molar-refractivity contribution in [1.29, 1.82) is 0 Å². The fourth-order valence-corrected chi connectivity index (χ4v) is 5.83. The van der Waals surface area contributed by atoms with Crippen LogP contribution in [0.25, 0.3) is 26.4 Å². The molecular weight excluding hydrogens is 495 g/mol. The minimum Gasteiger partial charge on any atom is -0.378 e. The van der Waals surface area contributed by atoms with Crippen LogP contribution in [0.1, 0.15) is 23.2 Å². The number of rotatable bonds is 6. The Hall–Kier alpha value is -3.41. The second-order valence-electron chi connectivity index (χ2n) is 9.28. The number of carbonyl (C=O) groups is 1. The molecule has 6 rings (SSSR count). The van der Waals surface area contributed by atoms with E-state index in [1.54, 1.807) is 9.47 Å². The maximum absolute atomic E-state index is 15.2. The number of thiazole rings is 1. The molecule has 37 heavy (non-hydrogen) atoms. The summed E-state index contributed by atoms with van der Waals surface area (Å²) in [7, 11) is 0. The number of hydrogen-bond donors (Lipinski definition) is 1. The van der Waals surface area contributed by atoms with Gasteiger partial charge in [-0.15, -0.1) is 0 Å². The molecule has 0 radical (unpaired) electrons. The number of nitrogens with zero attached hydrogens (tertiary/aromatic N) is 5. The lowest BCUT2D eigenvalue weighted by molar-refractivity contribution is 0.0302. The molecule has 0 saturated carbocycles. The van der Waals surface area contributed by atoms with Gasteiger partial charge in [-0.2, -0.15) is 0 Å². The Morgan fingerprint density at radius 2 is 1.89 bits per heavy atom. The highest BCUT2D eigenvalue weighted by molar-refractivity contribution is 7.20.